The Morgan fingerprint density at radius 3 is 2.79 bits per heavy atom. The summed E-state index contributed by atoms with van der Waals surface area (Å²) < 4.78 is 5.16. The van der Waals surface area contributed by atoms with Crippen LogP contribution in [0.1, 0.15) is 22.5 Å². The van der Waals surface area contributed by atoms with Crippen LogP contribution < -0.4 is 9.64 Å². The van der Waals surface area contributed by atoms with Crippen LogP contribution in [0.25, 0.3) is 0 Å². The SMILES string of the molecule is COc1cccc(C(=O)N2c3ccccc3CCC2CN(C)C)n1. The molecule has 0 saturated carbocycles. The summed E-state index contributed by atoms with van der Waals surface area (Å²) in [7, 11) is 5.63. The fourth-order valence-corrected chi connectivity index (χ4v) is 3.25. The van der Waals surface area contributed by atoms with E-state index in [2.05, 4.69) is 16.0 Å². The van der Waals surface area contributed by atoms with E-state index in [0.29, 0.717) is 11.6 Å². The van der Waals surface area contributed by atoms with Crippen LogP contribution in [-0.4, -0.2) is 49.6 Å². The maximum absolute atomic E-state index is 13.2. The monoisotopic (exact) mass is 325 g/mol. The number of methoxy groups -OCH3 is 1. The van der Waals surface area contributed by atoms with Gasteiger partial charge in [-0.1, -0.05) is 24.3 Å². The molecule has 3 rings (SSSR count). The van der Waals surface area contributed by atoms with Crippen molar-refractivity contribution in [2.45, 2.75) is 18.9 Å². The van der Waals surface area contributed by atoms with E-state index in [9.17, 15) is 4.79 Å². The number of likely N-dealkylation sites (N-methyl/N-ethyl adjacent to an activating group) is 1. The fraction of sp³-hybridized carbons (Fsp3) is 0.368. The number of carbonyl (C=O) groups is 1. The molecule has 5 heteroatoms. The van der Waals surface area contributed by atoms with Gasteiger partial charge in [0.05, 0.1) is 13.2 Å². The maximum Gasteiger partial charge on any atom is 0.277 e. The molecule has 2 aromatic rings. The Morgan fingerprint density at radius 1 is 1.25 bits per heavy atom. The molecule has 1 atom stereocenters. The Kier molecular flexibility index (Phi) is 4.81. The van der Waals surface area contributed by atoms with E-state index in [0.717, 1.165) is 25.1 Å². The molecule has 0 aliphatic carbocycles. The fourth-order valence-electron chi connectivity index (χ4n) is 3.25. The van der Waals surface area contributed by atoms with Gasteiger partial charge in [0.25, 0.3) is 5.91 Å². The second kappa shape index (κ2) is 7.01. The van der Waals surface area contributed by atoms with Crippen molar-refractivity contribution in [3.8, 4) is 5.88 Å². The van der Waals surface area contributed by atoms with Crippen molar-refractivity contribution in [3.05, 3.63) is 53.7 Å². The van der Waals surface area contributed by atoms with E-state index in [1.54, 1.807) is 25.3 Å². The molecule has 5 nitrogen and oxygen atoms in total. The third-order valence-corrected chi connectivity index (χ3v) is 4.31. The highest BCUT2D eigenvalue weighted by Gasteiger charge is 2.32. The minimum Gasteiger partial charge on any atom is -0.481 e. The second-order valence-corrected chi connectivity index (χ2v) is 6.32. The van der Waals surface area contributed by atoms with Crippen molar-refractivity contribution < 1.29 is 9.53 Å². The highest BCUT2D eigenvalue weighted by Crippen LogP contribution is 2.32. The van der Waals surface area contributed by atoms with Crippen LogP contribution in [-0.2, 0) is 6.42 Å². The summed E-state index contributed by atoms with van der Waals surface area (Å²) in [5.41, 5.74) is 2.61. The van der Waals surface area contributed by atoms with Gasteiger partial charge < -0.3 is 14.5 Å². The van der Waals surface area contributed by atoms with Crippen LogP contribution in [0.5, 0.6) is 5.88 Å². The summed E-state index contributed by atoms with van der Waals surface area (Å²) in [6.07, 6.45) is 1.94. The van der Waals surface area contributed by atoms with Crippen molar-refractivity contribution >= 4 is 11.6 Å². The number of hydrogen-bond donors (Lipinski definition) is 0. The molecule has 1 aliphatic heterocycles. The summed E-state index contributed by atoms with van der Waals surface area (Å²) in [6.45, 7) is 0.823. The van der Waals surface area contributed by atoms with Crippen LogP contribution in [0.3, 0.4) is 0 Å². The lowest BCUT2D eigenvalue weighted by molar-refractivity contribution is 0.0962. The summed E-state index contributed by atoms with van der Waals surface area (Å²) >= 11 is 0. The number of aromatic nitrogens is 1. The molecule has 1 aliphatic rings. The van der Waals surface area contributed by atoms with Gasteiger partial charge in [-0.2, -0.15) is 0 Å². The molecule has 1 unspecified atom stereocenters. The van der Waals surface area contributed by atoms with Crippen molar-refractivity contribution in [3.63, 3.8) is 0 Å². The van der Waals surface area contributed by atoms with Gasteiger partial charge in [-0.3, -0.25) is 4.79 Å². The molecule has 24 heavy (non-hydrogen) atoms. The van der Waals surface area contributed by atoms with Crippen molar-refractivity contribution in [1.82, 2.24) is 9.88 Å². The number of nitrogens with zero attached hydrogens (tertiary/aromatic N) is 3. The van der Waals surface area contributed by atoms with Crippen molar-refractivity contribution in [1.29, 1.82) is 0 Å². The highest BCUT2D eigenvalue weighted by molar-refractivity contribution is 6.06. The zero-order chi connectivity index (χ0) is 17.1. The van der Waals surface area contributed by atoms with Crippen LogP contribution in [0.15, 0.2) is 42.5 Å². The van der Waals surface area contributed by atoms with E-state index in [1.807, 2.05) is 37.2 Å². The number of carbonyl (C=O) groups excluding carboxylic acids is 1. The van der Waals surface area contributed by atoms with E-state index in [-0.39, 0.29) is 11.9 Å². The molecule has 0 N–H and O–H groups in total. The average Bonchev–Trinajstić information content (AvgIpc) is 2.60. The summed E-state index contributed by atoms with van der Waals surface area (Å²) in [6, 6.07) is 13.6. The predicted octanol–water partition coefficient (Wildman–Crippen LogP) is 2.61. The average molecular weight is 325 g/mol. The Labute approximate surface area is 142 Å². The highest BCUT2D eigenvalue weighted by atomic mass is 16.5. The van der Waals surface area contributed by atoms with Crippen LogP contribution in [0.2, 0.25) is 0 Å². The minimum absolute atomic E-state index is 0.0760. The lowest BCUT2D eigenvalue weighted by Crippen LogP contribution is -2.48. The Bertz CT molecular complexity index is 730. The number of ether oxygens (including phenoxy) is 1. The number of para-hydroxylation sites is 1. The number of amides is 1. The molecule has 1 aromatic heterocycles. The molecule has 0 fully saturated rings. The zero-order valence-corrected chi connectivity index (χ0v) is 14.4. The van der Waals surface area contributed by atoms with Crippen molar-refractivity contribution in [2.24, 2.45) is 0 Å². The lowest BCUT2D eigenvalue weighted by atomic mass is 9.95. The number of fused-ring (bicyclic) bond motifs is 1. The third kappa shape index (κ3) is 3.26. The zero-order valence-electron chi connectivity index (χ0n) is 14.4. The molecule has 0 saturated heterocycles. The molecule has 1 amide bonds. The number of hydrogen-bond acceptors (Lipinski definition) is 4. The Morgan fingerprint density at radius 2 is 2.04 bits per heavy atom. The number of anilines is 1. The molecule has 0 radical (unpaired) electrons. The summed E-state index contributed by atoms with van der Waals surface area (Å²) in [4.78, 5) is 21.6. The maximum atomic E-state index is 13.2. The predicted molar refractivity (Wildman–Crippen MR) is 94.7 cm³/mol. The molecule has 0 bridgehead atoms. The van der Waals surface area contributed by atoms with Gasteiger partial charge in [-0.15, -0.1) is 0 Å². The van der Waals surface area contributed by atoms with Gasteiger partial charge in [0.1, 0.15) is 5.69 Å². The summed E-state index contributed by atoms with van der Waals surface area (Å²) in [5.74, 6) is 0.378. The normalized spacial score (nSPS) is 16.8. The number of pyridine rings is 1. The van der Waals surface area contributed by atoms with Gasteiger partial charge in [0.2, 0.25) is 5.88 Å². The van der Waals surface area contributed by atoms with E-state index in [4.69, 9.17) is 4.74 Å². The number of aryl methyl sites for hydroxylation is 1. The van der Waals surface area contributed by atoms with Crippen LogP contribution in [0, 0.1) is 0 Å². The molecule has 2 heterocycles. The van der Waals surface area contributed by atoms with Gasteiger partial charge in [-0.05, 0) is 44.6 Å². The smallest absolute Gasteiger partial charge is 0.277 e. The van der Waals surface area contributed by atoms with Crippen LogP contribution in [0.4, 0.5) is 5.69 Å². The van der Waals surface area contributed by atoms with E-state index >= 15 is 0 Å². The van der Waals surface area contributed by atoms with Gasteiger partial charge in [0.15, 0.2) is 0 Å². The summed E-state index contributed by atoms with van der Waals surface area (Å²) in [5, 5.41) is 0. The van der Waals surface area contributed by atoms with E-state index < -0.39 is 0 Å². The topological polar surface area (TPSA) is 45.7 Å². The number of rotatable bonds is 4. The van der Waals surface area contributed by atoms with Gasteiger partial charge in [0, 0.05) is 18.3 Å². The largest absolute Gasteiger partial charge is 0.481 e. The van der Waals surface area contributed by atoms with E-state index in [1.165, 1.54) is 5.56 Å². The van der Waals surface area contributed by atoms with Gasteiger partial charge in [-0.25, -0.2) is 4.98 Å². The lowest BCUT2D eigenvalue weighted by Gasteiger charge is -2.38. The third-order valence-electron chi connectivity index (χ3n) is 4.31. The molecule has 0 spiro atoms. The van der Waals surface area contributed by atoms with Crippen LogP contribution >= 0.6 is 0 Å². The molecule has 126 valence electrons. The molecular formula is C19H23N3O2. The standard InChI is InChI=1S/C19H23N3O2/c1-21(2)13-15-12-11-14-7-4-5-9-17(14)22(15)19(23)16-8-6-10-18(20-16)24-3/h4-10,15H,11-13H2,1-3H3. The van der Waals surface area contributed by atoms with Gasteiger partial charge >= 0.3 is 0 Å². The minimum atomic E-state index is -0.0760. The first-order chi connectivity index (χ1) is 11.6. The number of benzene rings is 1. The first-order valence-corrected chi connectivity index (χ1v) is 8.17. The Hall–Kier alpha value is -2.40. The first kappa shape index (κ1) is 16.5. The molecule has 1 aromatic carbocycles. The quantitative estimate of drug-likeness (QED) is 0.867. The molecular weight excluding hydrogens is 302 g/mol. The first-order valence-electron chi connectivity index (χ1n) is 8.17. The second-order valence-electron chi connectivity index (χ2n) is 6.32. The Balaban J connectivity index is 2.00. The van der Waals surface area contributed by atoms with Crippen molar-refractivity contribution in [2.75, 3.05) is 32.6 Å².